The zero-order valence-corrected chi connectivity index (χ0v) is 19.4. The summed E-state index contributed by atoms with van der Waals surface area (Å²) in [5, 5.41) is 1.31. The number of halogens is 1. The van der Waals surface area contributed by atoms with E-state index in [0.717, 1.165) is 10.9 Å². The van der Waals surface area contributed by atoms with Crippen LogP contribution in [0.25, 0.3) is 22.2 Å². The molecule has 5 rings (SSSR count). The Balaban J connectivity index is 1.43. The van der Waals surface area contributed by atoms with Crippen LogP contribution >= 0.6 is 11.6 Å². The van der Waals surface area contributed by atoms with E-state index in [9.17, 15) is 16.8 Å². The Morgan fingerprint density at radius 3 is 2.48 bits per heavy atom. The van der Waals surface area contributed by atoms with E-state index in [1.165, 1.54) is 28.6 Å². The van der Waals surface area contributed by atoms with Gasteiger partial charge < -0.3 is 0 Å². The third-order valence-electron chi connectivity index (χ3n) is 5.31. The van der Waals surface area contributed by atoms with Crippen LogP contribution in [0.5, 0.6) is 0 Å². The van der Waals surface area contributed by atoms with Crippen LogP contribution in [0.1, 0.15) is 0 Å². The fourth-order valence-corrected chi connectivity index (χ4v) is 5.90. The van der Waals surface area contributed by atoms with Gasteiger partial charge in [0.05, 0.1) is 32.6 Å². The summed E-state index contributed by atoms with van der Waals surface area (Å²) in [6, 6.07) is 16.0. The van der Waals surface area contributed by atoms with Crippen molar-refractivity contribution in [1.82, 2.24) is 9.97 Å². The number of pyridine rings is 2. The molecule has 1 aliphatic heterocycles. The van der Waals surface area contributed by atoms with Crippen LogP contribution in [0.3, 0.4) is 0 Å². The summed E-state index contributed by atoms with van der Waals surface area (Å²) in [4.78, 5) is 8.68. The van der Waals surface area contributed by atoms with Gasteiger partial charge in [0.25, 0.3) is 10.0 Å². The van der Waals surface area contributed by atoms with Gasteiger partial charge in [0.1, 0.15) is 0 Å². The lowest BCUT2D eigenvalue weighted by Gasteiger charge is -2.32. The molecule has 8 nitrogen and oxygen atoms in total. The molecule has 11 heteroatoms. The van der Waals surface area contributed by atoms with Crippen LogP contribution in [-0.2, 0) is 20.0 Å². The average molecular weight is 501 g/mol. The molecule has 2 aromatic carbocycles. The second-order valence-electron chi connectivity index (χ2n) is 7.45. The lowest BCUT2D eigenvalue weighted by atomic mass is 10.1. The van der Waals surface area contributed by atoms with Gasteiger partial charge >= 0.3 is 0 Å². The van der Waals surface area contributed by atoms with E-state index in [2.05, 4.69) is 14.7 Å². The zero-order chi connectivity index (χ0) is 23.2. The Morgan fingerprint density at radius 1 is 1.00 bits per heavy atom. The minimum absolute atomic E-state index is 0.0111. The van der Waals surface area contributed by atoms with Gasteiger partial charge in [0, 0.05) is 35.6 Å². The number of fused-ring (bicyclic) bond motifs is 1. The average Bonchev–Trinajstić information content (AvgIpc) is 2.79. The Bertz CT molecular complexity index is 1590. The van der Waals surface area contributed by atoms with E-state index in [0.29, 0.717) is 34.2 Å². The number of rotatable bonds is 5. The van der Waals surface area contributed by atoms with Crippen LogP contribution in [0.15, 0.2) is 78.0 Å². The van der Waals surface area contributed by atoms with Crippen molar-refractivity contribution in [3.8, 4) is 11.3 Å². The quantitative estimate of drug-likeness (QED) is 0.445. The normalized spacial score (nSPS) is 15.2. The molecule has 0 radical (unpaired) electrons. The molecule has 168 valence electrons. The molecular formula is C22H17ClN4O4S2. The number of nitrogens with zero attached hydrogens (tertiary/aromatic N) is 3. The molecule has 1 saturated heterocycles. The van der Waals surface area contributed by atoms with Crippen molar-refractivity contribution in [3.63, 3.8) is 0 Å². The molecule has 4 aromatic rings. The third-order valence-corrected chi connectivity index (χ3v) is 8.80. The van der Waals surface area contributed by atoms with Crippen molar-refractivity contribution < 1.29 is 16.8 Å². The number of hydrogen-bond donors (Lipinski definition) is 1. The monoisotopic (exact) mass is 500 g/mol. The molecule has 0 aliphatic carbocycles. The maximum absolute atomic E-state index is 12.9. The van der Waals surface area contributed by atoms with E-state index in [-0.39, 0.29) is 10.6 Å². The van der Waals surface area contributed by atoms with Gasteiger partial charge in [-0.15, -0.1) is 0 Å². The molecule has 3 heterocycles. The topological polar surface area (TPSA) is 109 Å². The van der Waals surface area contributed by atoms with Gasteiger partial charge in [0.2, 0.25) is 10.0 Å². The largest absolute Gasteiger partial charge is 0.280 e. The van der Waals surface area contributed by atoms with Gasteiger partial charge in [-0.25, -0.2) is 21.8 Å². The molecular weight excluding hydrogens is 484 g/mol. The highest BCUT2D eigenvalue weighted by molar-refractivity contribution is 7.94. The summed E-state index contributed by atoms with van der Waals surface area (Å²) in [5.41, 5.74) is 2.68. The van der Waals surface area contributed by atoms with E-state index in [4.69, 9.17) is 11.6 Å². The summed E-state index contributed by atoms with van der Waals surface area (Å²) in [5.74, 6) is 0.0937. The lowest BCUT2D eigenvalue weighted by molar-refractivity contribution is 0.578. The minimum Gasteiger partial charge on any atom is -0.280 e. The summed E-state index contributed by atoms with van der Waals surface area (Å²) >= 11 is 6.38. The first kappa shape index (κ1) is 21.6. The predicted octanol–water partition coefficient (Wildman–Crippen LogP) is 3.90. The van der Waals surface area contributed by atoms with Crippen molar-refractivity contribution in [1.29, 1.82) is 0 Å². The first-order valence-corrected chi connectivity index (χ1v) is 13.3. The number of aromatic nitrogens is 2. The second kappa shape index (κ2) is 7.98. The van der Waals surface area contributed by atoms with Crippen LogP contribution in [-0.4, -0.2) is 39.1 Å². The Morgan fingerprint density at radius 2 is 1.79 bits per heavy atom. The van der Waals surface area contributed by atoms with Gasteiger partial charge in [-0.05, 0) is 60.7 Å². The molecule has 0 atom stereocenters. The van der Waals surface area contributed by atoms with Crippen LogP contribution in [0.2, 0.25) is 5.02 Å². The highest BCUT2D eigenvalue weighted by Crippen LogP contribution is 2.32. The number of sulfonamides is 2. The maximum atomic E-state index is 12.9. The molecule has 33 heavy (non-hydrogen) atoms. The number of hydrogen-bond acceptors (Lipinski definition) is 6. The van der Waals surface area contributed by atoms with Gasteiger partial charge in [0.15, 0.2) is 0 Å². The number of anilines is 2. The van der Waals surface area contributed by atoms with Gasteiger partial charge in [-0.3, -0.25) is 14.0 Å². The summed E-state index contributed by atoms with van der Waals surface area (Å²) in [7, 11) is -7.18. The van der Waals surface area contributed by atoms with E-state index < -0.39 is 20.0 Å². The van der Waals surface area contributed by atoms with Crippen molar-refractivity contribution >= 4 is 53.9 Å². The lowest BCUT2D eigenvalue weighted by Crippen LogP contribution is -2.47. The fourth-order valence-electron chi connectivity index (χ4n) is 3.53. The SMILES string of the molecule is O=S(=O)(Nc1ccc(Cl)c(-c2ccc3cnccc3n2)c1)c1ccc(N2CCS2(=O)=O)cc1. The fraction of sp³-hybridized carbons (Fsp3) is 0.0909. The number of benzene rings is 2. The third kappa shape index (κ3) is 4.12. The van der Waals surface area contributed by atoms with Gasteiger partial charge in [-0.1, -0.05) is 11.6 Å². The first-order chi connectivity index (χ1) is 15.7. The standard InChI is InChI=1S/C22H17ClN4O4S2/c23-20-7-2-16(13-19(20)22-8-1-15-14-24-10-9-21(15)25-22)26-33(30,31)18-5-3-17(4-6-18)27-11-12-32(27,28)29/h1-10,13-14,26H,11-12H2. The first-order valence-electron chi connectivity index (χ1n) is 9.87. The molecule has 1 N–H and O–H groups in total. The van der Waals surface area contributed by atoms with Crippen molar-refractivity contribution in [2.75, 3.05) is 21.3 Å². The van der Waals surface area contributed by atoms with E-state index in [1.807, 2.05) is 6.07 Å². The molecule has 2 aromatic heterocycles. The molecule has 0 amide bonds. The summed E-state index contributed by atoms with van der Waals surface area (Å²) in [6.45, 7) is 0.388. The van der Waals surface area contributed by atoms with Crippen LogP contribution < -0.4 is 9.03 Å². The highest BCUT2D eigenvalue weighted by atomic mass is 35.5. The number of nitrogens with one attached hydrogen (secondary N) is 1. The Kier molecular flexibility index (Phi) is 5.23. The molecule has 0 unspecified atom stereocenters. The van der Waals surface area contributed by atoms with Gasteiger partial charge in [-0.2, -0.15) is 0 Å². The molecule has 0 spiro atoms. The highest BCUT2D eigenvalue weighted by Gasteiger charge is 2.32. The predicted molar refractivity (Wildman–Crippen MR) is 128 cm³/mol. The maximum Gasteiger partial charge on any atom is 0.261 e. The van der Waals surface area contributed by atoms with Crippen molar-refractivity contribution in [2.45, 2.75) is 4.90 Å². The second-order valence-corrected chi connectivity index (χ2v) is 11.5. The van der Waals surface area contributed by atoms with E-state index in [1.54, 1.807) is 42.7 Å². The smallest absolute Gasteiger partial charge is 0.261 e. The summed E-state index contributed by atoms with van der Waals surface area (Å²) in [6.07, 6.45) is 3.36. The molecule has 1 aliphatic rings. The summed E-state index contributed by atoms with van der Waals surface area (Å²) < 4.78 is 53.1. The van der Waals surface area contributed by atoms with Crippen LogP contribution in [0.4, 0.5) is 11.4 Å². The minimum atomic E-state index is -3.91. The van der Waals surface area contributed by atoms with Crippen LogP contribution in [0, 0.1) is 0 Å². The Hall–Kier alpha value is -3.21. The molecule has 0 bridgehead atoms. The molecule has 0 saturated carbocycles. The van der Waals surface area contributed by atoms with E-state index >= 15 is 0 Å². The van der Waals surface area contributed by atoms with Crippen molar-refractivity contribution in [3.05, 3.63) is 78.1 Å². The zero-order valence-electron chi connectivity index (χ0n) is 17.0. The Labute approximate surface area is 196 Å². The molecule has 1 fully saturated rings. The van der Waals surface area contributed by atoms with Crippen molar-refractivity contribution in [2.24, 2.45) is 0 Å².